The van der Waals surface area contributed by atoms with Crippen LogP contribution in [0.5, 0.6) is 0 Å². The number of carbonyl (C=O) groups excluding carboxylic acids is 1. The highest BCUT2D eigenvalue weighted by molar-refractivity contribution is 6.07. The van der Waals surface area contributed by atoms with Crippen LogP contribution in [0.15, 0.2) is 48.5 Å². The molecule has 0 saturated heterocycles. The minimum absolute atomic E-state index is 0.000391. The quantitative estimate of drug-likeness (QED) is 0.430. The van der Waals surface area contributed by atoms with E-state index >= 15 is 0 Å². The number of anilines is 1. The van der Waals surface area contributed by atoms with Crippen molar-refractivity contribution >= 4 is 17.3 Å². The van der Waals surface area contributed by atoms with Gasteiger partial charge in [-0.25, -0.2) is 0 Å². The summed E-state index contributed by atoms with van der Waals surface area (Å²) in [7, 11) is 0. The zero-order valence-corrected chi connectivity index (χ0v) is 15.0. The van der Waals surface area contributed by atoms with Gasteiger partial charge >= 0.3 is 0 Å². The molecule has 26 heavy (non-hydrogen) atoms. The number of fused-ring (bicyclic) bond motifs is 1. The zero-order valence-electron chi connectivity index (χ0n) is 15.0. The van der Waals surface area contributed by atoms with E-state index in [9.17, 15) is 14.9 Å². The number of carbonyl (C=O) groups is 1. The highest BCUT2D eigenvalue weighted by Gasteiger charge is 2.44. The molecular formula is C20H22N2O4. The minimum atomic E-state index is -0.671. The summed E-state index contributed by atoms with van der Waals surface area (Å²) in [5.41, 5.74) is 1.90. The first kappa shape index (κ1) is 18.1. The van der Waals surface area contributed by atoms with Gasteiger partial charge in [-0.05, 0) is 37.5 Å². The number of nitro benzene ring substituents is 1. The fraction of sp³-hybridized carbons (Fsp3) is 0.350. The molecule has 0 spiro atoms. The van der Waals surface area contributed by atoms with Crippen LogP contribution in [-0.2, 0) is 21.6 Å². The Kier molecular flexibility index (Phi) is 5.04. The number of benzene rings is 2. The predicted molar refractivity (Wildman–Crippen MR) is 99.2 cm³/mol. The lowest BCUT2D eigenvalue weighted by molar-refractivity contribution is -0.384. The summed E-state index contributed by atoms with van der Waals surface area (Å²) in [6.45, 7) is 5.23. The summed E-state index contributed by atoms with van der Waals surface area (Å²) >= 11 is 0. The minimum Gasteiger partial charge on any atom is -0.377 e. The predicted octanol–water partition coefficient (Wildman–Crippen LogP) is 3.83. The van der Waals surface area contributed by atoms with Crippen molar-refractivity contribution in [3.8, 4) is 0 Å². The Morgan fingerprint density at radius 2 is 1.88 bits per heavy atom. The lowest BCUT2D eigenvalue weighted by Crippen LogP contribution is -2.37. The molecule has 2 aromatic rings. The Morgan fingerprint density at radius 1 is 1.15 bits per heavy atom. The molecule has 0 fully saturated rings. The molecule has 6 heteroatoms. The third-order valence-electron chi connectivity index (χ3n) is 4.72. The van der Waals surface area contributed by atoms with Gasteiger partial charge in [0, 0.05) is 25.3 Å². The molecule has 1 aliphatic rings. The molecule has 0 bridgehead atoms. The number of amides is 1. The molecule has 1 amide bonds. The van der Waals surface area contributed by atoms with Crippen molar-refractivity contribution in [3.05, 3.63) is 69.8 Å². The van der Waals surface area contributed by atoms with Crippen molar-refractivity contribution in [3.63, 3.8) is 0 Å². The van der Waals surface area contributed by atoms with E-state index in [2.05, 4.69) is 0 Å². The molecule has 0 aromatic heterocycles. The average molecular weight is 354 g/mol. The third-order valence-corrected chi connectivity index (χ3v) is 4.72. The van der Waals surface area contributed by atoms with Gasteiger partial charge in [-0.1, -0.05) is 30.3 Å². The van der Waals surface area contributed by atoms with Crippen molar-refractivity contribution in [2.45, 2.75) is 32.3 Å². The number of nitrogens with zero attached hydrogens (tertiary/aromatic N) is 2. The first-order chi connectivity index (χ1) is 12.4. The fourth-order valence-electron chi connectivity index (χ4n) is 3.26. The smallest absolute Gasteiger partial charge is 0.271 e. The maximum Gasteiger partial charge on any atom is 0.271 e. The second kappa shape index (κ2) is 7.25. The van der Waals surface area contributed by atoms with Crippen molar-refractivity contribution in [1.29, 1.82) is 0 Å². The molecule has 2 aromatic carbocycles. The van der Waals surface area contributed by atoms with Gasteiger partial charge in [0.1, 0.15) is 0 Å². The number of hydrogen-bond acceptors (Lipinski definition) is 4. The summed E-state index contributed by atoms with van der Waals surface area (Å²) in [6, 6.07) is 14.5. The summed E-state index contributed by atoms with van der Waals surface area (Å²) in [5.74, 6) is -0.0314. The molecule has 0 unspecified atom stereocenters. The van der Waals surface area contributed by atoms with Gasteiger partial charge < -0.3 is 9.64 Å². The van der Waals surface area contributed by atoms with Gasteiger partial charge in [0.2, 0.25) is 5.91 Å². The van der Waals surface area contributed by atoms with Crippen LogP contribution in [-0.4, -0.2) is 24.0 Å². The molecule has 0 atom stereocenters. The summed E-state index contributed by atoms with van der Waals surface area (Å²) < 4.78 is 5.67. The second-order valence-electron chi connectivity index (χ2n) is 6.93. The van der Waals surface area contributed by atoms with Gasteiger partial charge in [-0.2, -0.15) is 0 Å². The normalized spacial score (nSPS) is 15.2. The Hall–Kier alpha value is -2.73. The monoisotopic (exact) mass is 354 g/mol. The number of nitro groups is 1. The van der Waals surface area contributed by atoms with E-state index < -0.39 is 10.3 Å². The van der Waals surface area contributed by atoms with E-state index in [0.29, 0.717) is 31.9 Å². The van der Waals surface area contributed by atoms with Crippen LogP contribution in [0.25, 0.3) is 0 Å². The van der Waals surface area contributed by atoms with Crippen LogP contribution in [0.4, 0.5) is 11.4 Å². The van der Waals surface area contributed by atoms with Crippen molar-refractivity contribution in [2.24, 2.45) is 0 Å². The van der Waals surface area contributed by atoms with E-state index in [0.717, 1.165) is 11.1 Å². The summed E-state index contributed by atoms with van der Waals surface area (Å²) in [5, 5.41) is 11.1. The molecule has 0 N–H and O–H groups in total. The Bertz CT molecular complexity index is 818. The molecule has 1 aliphatic heterocycles. The van der Waals surface area contributed by atoms with Crippen LogP contribution >= 0.6 is 0 Å². The summed E-state index contributed by atoms with van der Waals surface area (Å²) in [4.78, 5) is 25.0. The first-order valence-corrected chi connectivity index (χ1v) is 8.64. The molecular weight excluding hydrogens is 332 g/mol. The van der Waals surface area contributed by atoms with Gasteiger partial charge in [-0.3, -0.25) is 14.9 Å². The highest BCUT2D eigenvalue weighted by atomic mass is 16.6. The fourth-order valence-corrected chi connectivity index (χ4v) is 3.26. The topological polar surface area (TPSA) is 72.7 Å². The Morgan fingerprint density at radius 3 is 2.58 bits per heavy atom. The second-order valence-corrected chi connectivity index (χ2v) is 6.93. The highest BCUT2D eigenvalue weighted by Crippen LogP contribution is 2.43. The van der Waals surface area contributed by atoms with Crippen LogP contribution in [0, 0.1) is 10.1 Å². The Balaban J connectivity index is 1.64. The van der Waals surface area contributed by atoms with E-state index in [1.54, 1.807) is 11.0 Å². The molecule has 3 rings (SSSR count). The zero-order chi connectivity index (χ0) is 18.7. The average Bonchev–Trinajstić information content (AvgIpc) is 2.82. The lowest BCUT2D eigenvalue weighted by Gasteiger charge is -2.20. The number of hydrogen-bond donors (Lipinski definition) is 0. The summed E-state index contributed by atoms with van der Waals surface area (Å²) in [6.07, 6.45) is 0.663. The lowest BCUT2D eigenvalue weighted by atomic mass is 9.86. The number of non-ortho nitro benzene ring substituents is 1. The standard InChI is InChI=1S/C20H22N2O4/c1-20(2)17-10-9-16(22(24)25)13-18(17)21(19(20)23)11-6-12-26-14-15-7-4-3-5-8-15/h3-5,7-10,13H,6,11-12,14H2,1-2H3. The maximum absolute atomic E-state index is 12.8. The van der Waals surface area contributed by atoms with Gasteiger partial charge in [0.15, 0.2) is 0 Å². The Labute approximate surface area is 152 Å². The maximum atomic E-state index is 12.8. The molecule has 0 saturated carbocycles. The van der Waals surface area contributed by atoms with Gasteiger partial charge in [0.25, 0.3) is 5.69 Å². The molecule has 0 radical (unpaired) electrons. The van der Waals surface area contributed by atoms with E-state index in [-0.39, 0.29) is 11.6 Å². The first-order valence-electron chi connectivity index (χ1n) is 8.64. The number of ether oxygens (including phenoxy) is 1. The van der Waals surface area contributed by atoms with E-state index in [4.69, 9.17) is 4.74 Å². The van der Waals surface area contributed by atoms with E-state index in [1.807, 2.05) is 44.2 Å². The van der Waals surface area contributed by atoms with Crippen LogP contribution in [0.2, 0.25) is 0 Å². The van der Waals surface area contributed by atoms with E-state index in [1.165, 1.54) is 12.1 Å². The largest absolute Gasteiger partial charge is 0.377 e. The van der Waals surface area contributed by atoms with Crippen LogP contribution in [0.3, 0.4) is 0 Å². The van der Waals surface area contributed by atoms with Crippen molar-refractivity contribution in [2.75, 3.05) is 18.1 Å². The molecule has 1 heterocycles. The van der Waals surface area contributed by atoms with Crippen molar-refractivity contribution in [1.82, 2.24) is 0 Å². The van der Waals surface area contributed by atoms with Crippen LogP contribution in [0.1, 0.15) is 31.4 Å². The molecule has 6 nitrogen and oxygen atoms in total. The number of rotatable bonds is 7. The van der Waals surface area contributed by atoms with Crippen LogP contribution < -0.4 is 4.90 Å². The van der Waals surface area contributed by atoms with Gasteiger partial charge in [0.05, 0.1) is 22.6 Å². The molecule has 0 aliphatic carbocycles. The third kappa shape index (κ3) is 3.46. The van der Waals surface area contributed by atoms with Crippen molar-refractivity contribution < 1.29 is 14.5 Å². The molecule has 136 valence electrons. The SMILES string of the molecule is CC1(C)C(=O)N(CCCOCc2ccccc2)c2cc([N+](=O)[O-])ccc21. The van der Waals surface area contributed by atoms with Gasteiger partial charge in [-0.15, -0.1) is 0 Å².